The molecule has 3 nitrogen and oxygen atoms in total. The maximum atomic E-state index is 6.14. The molecule has 0 unspecified atom stereocenters. The smallest absolute Gasteiger partial charge is 0.373 e. The lowest BCUT2D eigenvalue weighted by Gasteiger charge is -2.30. The van der Waals surface area contributed by atoms with Crippen LogP contribution in [0.4, 0.5) is 0 Å². The van der Waals surface area contributed by atoms with Crippen molar-refractivity contribution in [2.45, 2.75) is 76.4 Å². The van der Waals surface area contributed by atoms with Crippen LogP contribution < -0.4 is 0 Å². The van der Waals surface area contributed by atoms with Crippen LogP contribution in [0, 0.1) is 0 Å². The van der Waals surface area contributed by atoms with Gasteiger partial charge >= 0.3 is 9.53 Å². The molecule has 0 amide bonds. The van der Waals surface area contributed by atoms with E-state index in [0.717, 1.165) is 0 Å². The van der Waals surface area contributed by atoms with E-state index in [-0.39, 0.29) is 0 Å². The minimum absolute atomic E-state index is 0.374. The van der Waals surface area contributed by atoms with Crippen LogP contribution in [0.15, 0.2) is 12.7 Å². The van der Waals surface area contributed by atoms with E-state index < -0.39 is 9.53 Å². The van der Waals surface area contributed by atoms with E-state index >= 15 is 0 Å². The second-order valence-corrected chi connectivity index (χ2v) is 7.16. The van der Waals surface area contributed by atoms with Crippen LogP contribution in [-0.2, 0) is 13.3 Å². The molecule has 2 saturated carbocycles. The van der Waals surface area contributed by atoms with Gasteiger partial charge in [0.2, 0.25) is 0 Å². The molecule has 0 aliphatic heterocycles. The Morgan fingerprint density at radius 1 is 0.842 bits per heavy atom. The number of rotatable bonds is 7. The molecule has 0 aromatic carbocycles. The summed E-state index contributed by atoms with van der Waals surface area (Å²) in [6.45, 7) is 4.26. The van der Waals surface area contributed by atoms with Crippen LogP contribution in [-0.4, -0.2) is 28.3 Å². The summed E-state index contributed by atoms with van der Waals surface area (Å²) >= 11 is 0. The second-order valence-electron chi connectivity index (χ2n) is 5.70. The van der Waals surface area contributed by atoms with Crippen molar-refractivity contribution in [2.24, 2.45) is 0 Å². The molecular formula is C15H28O3Si. The zero-order chi connectivity index (χ0) is 13.3. The molecule has 4 heteroatoms. The van der Waals surface area contributed by atoms with Crippen LogP contribution >= 0.6 is 0 Å². The van der Waals surface area contributed by atoms with E-state index in [2.05, 4.69) is 6.58 Å². The maximum Gasteiger partial charge on any atom is 0.484 e. The van der Waals surface area contributed by atoms with Gasteiger partial charge in [-0.1, -0.05) is 44.6 Å². The Hall–Kier alpha value is -0.163. The summed E-state index contributed by atoms with van der Waals surface area (Å²) in [4.78, 5) is 0. The van der Waals surface area contributed by atoms with Crippen molar-refractivity contribution in [3.05, 3.63) is 12.7 Å². The van der Waals surface area contributed by atoms with Gasteiger partial charge in [0, 0.05) is 12.2 Å². The van der Waals surface area contributed by atoms with Crippen molar-refractivity contribution in [1.82, 2.24) is 0 Å². The summed E-state index contributed by atoms with van der Waals surface area (Å²) in [7, 11) is -1.97. The molecule has 0 bridgehead atoms. The van der Waals surface area contributed by atoms with Crippen LogP contribution in [0.2, 0.25) is 0 Å². The minimum atomic E-state index is -1.97. The lowest BCUT2D eigenvalue weighted by molar-refractivity contribution is 0.0137. The van der Waals surface area contributed by atoms with Crippen LogP contribution in [0.1, 0.15) is 64.2 Å². The molecule has 0 saturated heterocycles. The fourth-order valence-corrected chi connectivity index (χ4v) is 4.66. The van der Waals surface area contributed by atoms with Gasteiger partial charge in [-0.25, -0.2) is 0 Å². The topological polar surface area (TPSA) is 27.7 Å². The highest BCUT2D eigenvalue weighted by molar-refractivity contribution is 6.36. The van der Waals surface area contributed by atoms with E-state index in [1.165, 1.54) is 64.2 Å². The first-order valence-corrected chi connectivity index (χ1v) is 9.33. The number of hydrogen-bond acceptors (Lipinski definition) is 3. The van der Waals surface area contributed by atoms with Crippen molar-refractivity contribution in [3.8, 4) is 0 Å². The normalized spacial score (nSPS) is 22.8. The van der Waals surface area contributed by atoms with E-state index in [0.29, 0.717) is 18.8 Å². The predicted octanol–water partition coefficient (Wildman–Crippen LogP) is 3.60. The lowest BCUT2D eigenvalue weighted by atomic mass is 9.98. The Balaban J connectivity index is 1.77. The summed E-state index contributed by atoms with van der Waals surface area (Å²) in [6, 6.07) is 0. The van der Waals surface area contributed by atoms with Gasteiger partial charge in [0.15, 0.2) is 0 Å². The molecule has 2 aliphatic rings. The van der Waals surface area contributed by atoms with Gasteiger partial charge in [-0.05, 0) is 25.7 Å². The first-order chi connectivity index (χ1) is 9.38. The summed E-state index contributed by atoms with van der Waals surface area (Å²) in [5, 5.41) is 0. The average Bonchev–Trinajstić information content (AvgIpc) is 2.47. The second kappa shape index (κ2) is 8.90. The first-order valence-electron chi connectivity index (χ1n) is 7.92. The maximum absolute atomic E-state index is 6.14. The van der Waals surface area contributed by atoms with Gasteiger partial charge < -0.3 is 13.3 Å². The molecule has 0 heterocycles. The Labute approximate surface area is 119 Å². The third-order valence-corrected chi connectivity index (χ3v) is 5.74. The molecule has 2 fully saturated rings. The van der Waals surface area contributed by atoms with Crippen molar-refractivity contribution < 1.29 is 13.3 Å². The highest BCUT2D eigenvalue weighted by Gasteiger charge is 2.26. The largest absolute Gasteiger partial charge is 0.484 e. The molecule has 0 aromatic rings. The van der Waals surface area contributed by atoms with Gasteiger partial charge in [0.05, 0.1) is 6.61 Å². The molecule has 0 aromatic heterocycles. The predicted molar refractivity (Wildman–Crippen MR) is 79.2 cm³/mol. The fraction of sp³-hybridized carbons (Fsp3) is 0.867. The van der Waals surface area contributed by atoms with E-state index in [1.807, 2.05) is 0 Å². The molecular weight excluding hydrogens is 256 g/mol. The average molecular weight is 284 g/mol. The van der Waals surface area contributed by atoms with Crippen LogP contribution in [0.3, 0.4) is 0 Å². The summed E-state index contributed by atoms with van der Waals surface area (Å²) in [6.07, 6.45) is 15.1. The zero-order valence-corrected chi connectivity index (χ0v) is 13.2. The standard InChI is InChI=1S/C15H28O3Si/c1-2-13-16-19(17-14-9-5-3-6-10-14)18-15-11-7-4-8-12-15/h2,14-15,19H,1,3-13H2. The SMILES string of the molecule is C=CCO[SiH](OC1CCCCC1)OC1CCCCC1. The number of hydrogen-bond donors (Lipinski definition) is 0. The zero-order valence-electron chi connectivity index (χ0n) is 12.0. The minimum Gasteiger partial charge on any atom is -0.373 e. The molecule has 0 spiro atoms. The molecule has 19 heavy (non-hydrogen) atoms. The molecule has 0 N–H and O–H groups in total. The van der Waals surface area contributed by atoms with Crippen molar-refractivity contribution in [3.63, 3.8) is 0 Å². The van der Waals surface area contributed by atoms with Gasteiger partial charge in [-0.15, -0.1) is 6.58 Å². The Morgan fingerprint density at radius 3 is 1.74 bits per heavy atom. The van der Waals surface area contributed by atoms with Gasteiger partial charge in [0.25, 0.3) is 0 Å². The molecule has 2 aliphatic carbocycles. The molecule has 0 radical (unpaired) electrons. The lowest BCUT2D eigenvalue weighted by Crippen LogP contribution is -2.37. The van der Waals surface area contributed by atoms with Gasteiger partial charge in [-0.3, -0.25) is 0 Å². The van der Waals surface area contributed by atoms with Crippen molar-refractivity contribution >= 4 is 9.53 Å². The van der Waals surface area contributed by atoms with E-state index in [1.54, 1.807) is 6.08 Å². The van der Waals surface area contributed by atoms with Crippen LogP contribution in [0.5, 0.6) is 0 Å². The van der Waals surface area contributed by atoms with Crippen LogP contribution in [0.25, 0.3) is 0 Å². The van der Waals surface area contributed by atoms with Crippen molar-refractivity contribution in [1.29, 1.82) is 0 Å². The quantitative estimate of drug-likeness (QED) is 0.528. The fourth-order valence-electron chi connectivity index (χ4n) is 2.97. The molecule has 0 atom stereocenters. The van der Waals surface area contributed by atoms with Gasteiger partial charge in [-0.2, -0.15) is 0 Å². The van der Waals surface area contributed by atoms with E-state index in [4.69, 9.17) is 13.3 Å². The summed E-state index contributed by atoms with van der Waals surface area (Å²) in [5.41, 5.74) is 0. The van der Waals surface area contributed by atoms with Gasteiger partial charge in [0.1, 0.15) is 0 Å². The highest BCUT2D eigenvalue weighted by Crippen LogP contribution is 2.24. The van der Waals surface area contributed by atoms with E-state index in [9.17, 15) is 0 Å². The summed E-state index contributed by atoms with van der Waals surface area (Å²) in [5.74, 6) is 0. The highest BCUT2D eigenvalue weighted by atomic mass is 28.3. The molecule has 2 rings (SSSR count). The summed E-state index contributed by atoms with van der Waals surface area (Å²) < 4.78 is 18.1. The first kappa shape index (κ1) is 15.2. The Kier molecular flexibility index (Phi) is 7.13. The third-order valence-electron chi connectivity index (χ3n) is 4.06. The Morgan fingerprint density at radius 2 is 1.32 bits per heavy atom. The van der Waals surface area contributed by atoms with Crippen molar-refractivity contribution in [2.75, 3.05) is 6.61 Å². The monoisotopic (exact) mass is 284 g/mol. The molecule has 110 valence electrons. The Bertz CT molecular complexity index is 228. The third kappa shape index (κ3) is 5.77.